The van der Waals surface area contributed by atoms with Crippen molar-refractivity contribution in [2.24, 2.45) is 11.8 Å². The van der Waals surface area contributed by atoms with Crippen LogP contribution in [-0.4, -0.2) is 6.26 Å². The van der Waals surface area contributed by atoms with E-state index in [0.29, 0.717) is 0 Å². The minimum atomic E-state index is 0.820. The Hall–Kier alpha value is -0.550. The van der Waals surface area contributed by atoms with Crippen LogP contribution in [0.1, 0.15) is 72.1 Å². The van der Waals surface area contributed by atoms with E-state index in [2.05, 4.69) is 84.7 Å². The fourth-order valence-electron chi connectivity index (χ4n) is 3.59. The minimum absolute atomic E-state index is 0.820. The molecule has 0 aliphatic rings. The van der Waals surface area contributed by atoms with Gasteiger partial charge >= 0.3 is 0 Å². The first kappa shape index (κ1) is 27.7. The summed E-state index contributed by atoms with van der Waals surface area (Å²) in [4.78, 5) is 9.41. The summed E-state index contributed by atoms with van der Waals surface area (Å²) in [5, 5.41) is 0. The Bertz CT molecular complexity index is 904. The lowest BCUT2D eigenvalue weighted by Crippen LogP contribution is -1.98. The highest BCUT2D eigenvalue weighted by Gasteiger charge is 2.11. The van der Waals surface area contributed by atoms with Crippen molar-refractivity contribution in [3.63, 3.8) is 0 Å². The highest BCUT2D eigenvalue weighted by molar-refractivity contribution is 8.08. The first-order valence-electron chi connectivity index (χ1n) is 11.6. The zero-order valence-electron chi connectivity index (χ0n) is 20.9. The predicted octanol–water partition coefficient (Wildman–Crippen LogP) is 11.1. The maximum Gasteiger partial charge on any atom is 0.0356 e. The third-order valence-electron chi connectivity index (χ3n) is 5.56. The second-order valence-electron chi connectivity index (χ2n) is 9.12. The second-order valence-corrected chi connectivity index (χ2v) is 13.9. The number of thiophene rings is 1. The number of hydrogen-bond acceptors (Lipinski definition) is 4. The van der Waals surface area contributed by atoms with Gasteiger partial charge in [-0.25, -0.2) is 0 Å². The lowest BCUT2D eigenvalue weighted by atomic mass is 9.96. The molecule has 1 aromatic heterocycles. The third kappa shape index (κ3) is 9.37. The smallest absolute Gasteiger partial charge is 0.0356 e. The van der Waals surface area contributed by atoms with Gasteiger partial charge in [0.05, 0.1) is 0 Å². The number of thioether (sulfide) groups is 3. The summed E-state index contributed by atoms with van der Waals surface area (Å²) in [5.41, 5.74) is 1.37. The third-order valence-corrected chi connectivity index (χ3v) is 9.70. The molecule has 1 unspecified atom stereocenters. The van der Waals surface area contributed by atoms with Gasteiger partial charge in [-0.3, -0.25) is 0 Å². The van der Waals surface area contributed by atoms with E-state index < -0.39 is 0 Å². The van der Waals surface area contributed by atoms with E-state index in [1.165, 1.54) is 67.0 Å². The summed E-state index contributed by atoms with van der Waals surface area (Å²) in [6, 6.07) is 11.6. The second kappa shape index (κ2) is 14.0. The maximum absolute atomic E-state index is 4.02. The van der Waals surface area contributed by atoms with Crippen molar-refractivity contribution in [1.29, 1.82) is 0 Å². The number of benzene rings is 1. The van der Waals surface area contributed by atoms with Crippen molar-refractivity contribution in [3.8, 4) is 10.4 Å². The molecule has 0 spiro atoms. The minimum Gasteiger partial charge on any atom is -0.140 e. The first-order valence-corrected chi connectivity index (χ1v) is 15.3. The van der Waals surface area contributed by atoms with Gasteiger partial charge in [-0.1, -0.05) is 76.2 Å². The van der Waals surface area contributed by atoms with Gasteiger partial charge in [-0.05, 0) is 90.7 Å². The lowest BCUT2D eigenvalue weighted by Gasteiger charge is -2.12. The largest absolute Gasteiger partial charge is 0.140 e. The van der Waals surface area contributed by atoms with Crippen LogP contribution in [0.3, 0.4) is 0 Å². The Morgan fingerprint density at radius 3 is 2.38 bits per heavy atom. The van der Waals surface area contributed by atoms with Crippen molar-refractivity contribution in [1.82, 2.24) is 0 Å². The quantitative estimate of drug-likeness (QED) is 0.249. The zero-order chi connectivity index (χ0) is 23.7. The molecule has 1 heterocycles. The molecular weight excluding hydrogens is 465 g/mol. The molecule has 4 heteroatoms. The van der Waals surface area contributed by atoms with Crippen LogP contribution in [0.5, 0.6) is 0 Å². The van der Waals surface area contributed by atoms with Crippen molar-refractivity contribution >= 4 is 46.6 Å². The molecule has 0 nitrogen and oxygen atoms in total. The fraction of sp³-hybridized carbons (Fsp3) is 0.500. The number of rotatable bonds is 13. The van der Waals surface area contributed by atoms with E-state index in [-0.39, 0.29) is 0 Å². The van der Waals surface area contributed by atoms with Crippen molar-refractivity contribution in [3.05, 3.63) is 56.5 Å². The molecule has 1 atom stereocenters. The predicted molar refractivity (Wildman–Crippen MR) is 154 cm³/mol. The van der Waals surface area contributed by atoms with Crippen LogP contribution in [0.4, 0.5) is 0 Å². The van der Waals surface area contributed by atoms with E-state index in [1.54, 1.807) is 11.8 Å². The number of hydrogen-bond donors (Lipinski definition) is 0. The SMILES string of the molecule is C=C(C)S/C(C)=C(\C)Sc1ccc(-c2ccc(CCC(C)CCCC(C)C)s2)c(SC)c1. The maximum atomic E-state index is 4.02. The van der Waals surface area contributed by atoms with E-state index in [9.17, 15) is 0 Å². The van der Waals surface area contributed by atoms with Gasteiger partial charge in [-0.2, -0.15) is 0 Å². The molecule has 0 fully saturated rings. The molecule has 0 amide bonds. The Kier molecular flexibility index (Phi) is 12.1. The van der Waals surface area contributed by atoms with Crippen molar-refractivity contribution in [2.75, 3.05) is 6.26 Å². The fourth-order valence-corrected chi connectivity index (χ4v) is 7.16. The van der Waals surface area contributed by atoms with Gasteiger partial charge in [0.1, 0.15) is 0 Å². The normalized spacial score (nSPS) is 13.4. The van der Waals surface area contributed by atoms with Crippen LogP contribution in [0.25, 0.3) is 10.4 Å². The molecular formula is C28H40S4. The molecule has 2 rings (SSSR count). The van der Waals surface area contributed by atoms with Crippen LogP contribution in [-0.2, 0) is 6.42 Å². The molecule has 0 saturated heterocycles. The van der Waals surface area contributed by atoms with Gasteiger partial charge in [0.2, 0.25) is 0 Å². The summed E-state index contributed by atoms with van der Waals surface area (Å²) in [6.45, 7) is 17.5. The van der Waals surface area contributed by atoms with Crippen LogP contribution in [0.2, 0.25) is 0 Å². The highest BCUT2D eigenvalue weighted by Crippen LogP contribution is 2.40. The highest BCUT2D eigenvalue weighted by atomic mass is 32.2. The summed E-state index contributed by atoms with van der Waals surface area (Å²) in [5.74, 6) is 1.65. The van der Waals surface area contributed by atoms with E-state index in [0.717, 1.165) is 16.7 Å². The van der Waals surface area contributed by atoms with E-state index >= 15 is 0 Å². The van der Waals surface area contributed by atoms with Gasteiger partial charge in [-0.15, -0.1) is 23.1 Å². The molecule has 1 aromatic carbocycles. The molecule has 32 heavy (non-hydrogen) atoms. The summed E-state index contributed by atoms with van der Waals surface area (Å²) < 4.78 is 0. The van der Waals surface area contributed by atoms with E-state index in [1.807, 2.05) is 34.9 Å². The van der Waals surface area contributed by atoms with Crippen LogP contribution in [0.15, 0.2) is 61.4 Å². The number of allylic oxidation sites excluding steroid dienone is 3. The lowest BCUT2D eigenvalue weighted by molar-refractivity contribution is 0.438. The van der Waals surface area contributed by atoms with E-state index in [4.69, 9.17) is 0 Å². The topological polar surface area (TPSA) is 0 Å². The van der Waals surface area contributed by atoms with Crippen LogP contribution in [0, 0.1) is 11.8 Å². The average molecular weight is 505 g/mol. The molecule has 2 aromatic rings. The van der Waals surface area contributed by atoms with Gasteiger partial charge in [0.15, 0.2) is 0 Å². The molecule has 0 bridgehead atoms. The monoisotopic (exact) mass is 504 g/mol. The Balaban J connectivity index is 2.03. The average Bonchev–Trinajstić information content (AvgIpc) is 3.20. The van der Waals surface area contributed by atoms with Crippen molar-refractivity contribution in [2.45, 2.75) is 83.4 Å². The summed E-state index contributed by atoms with van der Waals surface area (Å²) in [7, 11) is 0. The van der Waals surface area contributed by atoms with Crippen LogP contribution >= 0.6 is 46.6 Å². The molecule has 176 valence electrons. The molecule has 0 aliphatic carbocycles. The Labute approximate surface area is 214 Å². The van der Waals surface area contributed by atoms with Gasteiger partial charge < -0.3 is 0 Å². The molecule has 0 aliphatic heterocycles. The van der Waals surface area contributed by atoms with Crippen molar-refractivity contribution < 1.29 is 0 Å². The van der Waals surface area contributed by atoms with Crippen LogP contribution < -0.4 is 0 Å². The molecule has 0 radical (unpaired) electrons. The Morgan fingerprint density at radius 1 is 0.969 bits per heavy atom. The summed E-state index contributed by atoms with van der Waals surface area (Å²) >= 11 is 7.45. The number of aryl methyl sites for hydroxylation is 1. The molecule has 0 saturated carbocycles. The summed E-state index contributed by atoms with van der Waals surface area (Å²) in [6.07, 6.45) is 8.79. The molecule has 0 N–H and O–H groups in total. The first-order chi connectivity index (χ1) is 15.2. The zero-order valence-corrected chi connectivity index (χ0v) is 24.2. The standard InChI is InChI=1S/C28H40S4/c1-19(2)10-9-11-21(5)12-13-24-15-17-27(32-24)26-16-14-25(18-28(26)29-8)31-23(7)22(6)30-20(3)4/h14-19,21H,3,9-13H2,1-2,4-8H3/b23-22+. The van der Waals surface area contributed by atoms with Gasteiger partial charge in [0.25, 0.3) is 0 Å². The van der Waals surface area contributed by atoms with Gasteiger partial charge in [0, 0.05) is 25.1 Å². The Morgan fingerprint density at radius 2 is 1.72 bits per heavy atom.